The third-order valence-electron chi connectivity index (χ3n) is 3.13. The maximum Gasteiger partial charge on any atom is 0.0681 e. The minimum absolute atomic E-state index is 0.117. The van der Waals surface area contributed by atoms with Crippen molar-refractivity contribution in [3.05, 3.63) is 47.5 Å². The lowest BCUT2D eigenvalue weighted by atomic mass is 10.0. The molecule has 0 amide bonds. The molecule has 1 aliphatic rings. The van der Waals surface area contributed by atoms with Crippen LogP contribution in [0.15, 0.2) is 36.4 Å². The van der Waals surface area contributed by atoms with E-state index in [9.17, 15) is 0 Å². The van der Waals surface area contributed by atoms with Crippen LogP contribution in [0.2, 0.25) is 0 Å². The van der Waals surface area contributed by atoms with Crippen LogP contribution < -0.4 is 5.32 Å². The smallest absolute Gasteiger partial charge is 0.0681 e. The van der Waals surface area contributed by atoms with Gasteiger partial charge in [0.05, 0.1) is 6.61 Å². The van der Waals surface area contributed by atoms with E-state index < -0.39 is 0 Å². The molecule has 0 saturated heterocycles. The summed E-state index contributed by atoms with van der Waals surface area (Å²) in [6, 6.07) is 9.06. The average Bonchev–Trinajstić information content (AvgIpc) is 2.82. The number of nitrogens with one attached hydrogen (secondary N) is 1. The first-order valence-electron chi connectivity index (χ1n) is 5.90. The van der Waals surface area contributed by atoms with Crippen molar-refractivity contribution in [3.8, 4) is 0 Å². The van der Waals surface area contributed by atoms with E-state index in [-0.39, 0.29) is 6.61 Å². The largest absolute Gasteiger partial charge is 0.392 e. The summed E-state index contributed by atoms with van der Waals surface area (Å²) in [7, 11) is 0. The maximum absolute atomic E-state index is 9.10. The minimum atomic E-state index is 0.117. The number of benzene rings is 1. The highest BCUT2D eigenvalue weighted by atomic mass is 16.3. The summed E-state index contributed by atoms with van der Waals surface area (Å²) in [6.45, 7) is 2.29. The normalized spacial score (nSPS) is 17.9. The van der Waals surface area contributed by atoms with Gasteiger partial charge in [-0.05, 0) is 30.9 Å². The Morgan fingerprint density at radius 3 is 2.81 bits per heavy atom. The lowest BCUT2D eigenvalue weighted by Crippen LogP contribution is -2.29. The van der Waals surface area contributed by atoms with E-state index in [1.165, 1.54) is 5.56 Å². The second-order valence-electron chi connectivity index (χ2n) is 4.43. The molecule has 1 aromatic carbocycles. The van der Waals surface area contributed by atoms with Crippen molar-refractivity contribution in [3.63, 3.8) is 0 Å². The molecule has 86 valence electrons. The molecule has 1 atom stereocenters. The molecule has 0 fully saturated rings. The van der Waals surface area contributed by atoms with Gasteiger partial charge in [-0.15, -0.1) is 0 Å². The van der Waals surface area contributed by atoms with Crippen LogP contribution >= 0.6 is 0 Å². The number of aliphatic hydroxyl groups excluding tert-OH is 1. The maximum atomic E-state index is 9.10. The van der Waals surface area contributed by atoms with Gasteiger partial charge in [0.25, 0.3) is 0 Å². The van der Waals surface area contributed by atoms with Crippen LogP contribution in [0.1, 0.15) is 36.9 Å². The number of aliphatic hydroxyl groups is 1. The fraction of sp³-hybridized carbons (Fsp3) is 0.429. The van der Waals surface area contributed by atoms with Gasteiger partial charge in [-0.1, -0.05) is 36.4 Å². The summed E-state index contributed by atoms with van der Waals surface area (Å²) in [5, 5.41) is 12.7. The molecular formula is C14H19NO. The summed E-state index contributed by atoms with van der Waals surface area (Å²) in [6.07, 6.45) is 6.72. The monoisotopic (exact) mass is 217 g/mol. The molecule has 0 bridgehead atoms. The second-order valence-corrected chi connectivity index (χ2v) is 4.43. The van der Waals surface area contributed by atoms with Gasteiger partial charge < -0.3 is 10.4 Å². The van der Waals surface area contributed by atoms with Crippen LogP contribution in [0.4, 0.5) is 0 Å². The highest BCUT2D eigenvalue weighted by Gasteiger charge is 2.14. The molecule has 16 heavy (non-hydrogen) atoms. The van der Waals surface area contributed by atoms with E-state index in [1.54, 1.807) is 0 Å². The van der Waals surface area contributed by atoms with Gasteiger partial charge in [-0.2, -0.15) is 0 Å². The standard InChI is InChI=1S/C14H19NO/c1-11(15-14-7-2-3-8-14)13-6-4-5-12(9-13)10-16/h2-6,9,11,14-16H,7-8,10H2,1H3. The zero-order valence-corrected chi connectivity index (χ0v) is 9.69. The lowest BCUT2D eigenvalue weighted by molar-refractivity contribution is 0.281. The molecule has 1 unspecified atom stereocenters. The molecule has 2 rings (SSSR count). The van der Waals surface area contributed by atoms with E-state index in [0.29, 0.717) is 12.1 Å². The van der Waals surface area contributed by atoms with Crippen molar-refractivity contribution < 1.29 is 5.11 Å². The van der Waals surface area contributed by atoms with Crippen LogP contribution in [0.3, 0.4) is 0 Å². The Kier molecular flexibility index (Phi) is 3.75. The molecule has 2 nitrogen and oxygen atoms in total. The molecular weight excluding hydrogens is 198 g/mol. The van der Waals surface area contributed by atoms with E-state index in [0.717, 1.165) is 18.4 Å². The van der Waals surface area contributed by atoms with Crippen molar-refractivity contribution in [2.45, 2.75) is 38.5 Å². The predicted octanol–water partition coefficient (Wildman–Crippen LogP) is 2.55. The molecule has 1 aromatic rings. The molecule has 1 aliphatic carbocycles. The molecule has 0 spiro atoms. The van der Waals surface area contributed by atoms with Gasteiger partial charge in [0.1, 0.15) is 0 Å². The molecule has 2 N–H and O–H groups in total. The summed E-state index contributed by atoms with van der Waals surface area (Å²) < 4.78 is 0. The van der Waals surface area contributed by atoms with Crippen LogP contribution in [-0.4, -0.2) is 11.1 Å². The van der Waals surface area contributed by atoms with Crippen molar-refractivity contribution >= 4 is 0 Å². The Labute approximate surface area is 97.0 Å². The quantitative estimate of drug-likeness (QED) is 0.760. The van der Waals surface area contributed by atoms with Crippen molar-refractivity contribution in [2.75, 3.05) is 0 Å². The van der Waals surface area contributed by atoms with Gasteiger partial charge in [0.15, 0.2) is 0 Å². The summed E-state index contributed by atoms with van der Waals surface area (Å²) >= 11 is 0. The first-order chi connectivity index (χ1) is 7.79. The van der Waals surface area contributed by atoms with Gasteiger partial charge in [-0.3, -0.25) is 0 Å². The van der Waals surface area contributed by atoms with Crippen molar-refractivity contribution in [1.29, 1.82) is 0 Å². The molecule has 0 aromatic heterocycles. The SMILES string of the molecule is CC(NC1CC=CC1)c1cccc(CO)c1. The molecule has 0 aliphatic heterocycles. The van der Waals surface area contributed by atoms with Gasteiger partial charge in [-0.25, -0.2) is 0 Å². The Morgan fingerprint density at radius 1 is 1.38 bits per heavy atom. The number of hydrogen-bond donors (Lipinski definition) is 2. The Bertz CT molecular complexity index is 365. The summed E-state index contributed by atoms with van der Waals surface area (Å²) in [4.78, 5) is 0. The van der Waals surface area contributed by atoms with E-state index in [1.807, 2.05) is 12.1 Å². The Hall–Kier alpha value is -1.12. The molecule has 0 radical (unpaired) electrons. The van der Waals surface area contributed by atoms with Crippen LogP contribution in [0.5, 0.6) is 0 Å². The minimum Gasteiger partial charge on any atom is -0.392 e. The number of rotatable bonds is 4. The topological polar surface area (TPSA) is 32.3 Å². The van der Waals surface area contributed by atoms with Crippen LogP contribution in [0.25, 0.3) is 0 Å². The van der Waals surface area contributed by atoms with E-state index in [4.69, 9.17) is 5.11 Å². The third kappa shape index (κ3) is 2.71. The zero-order valence-electron chi connectivity index (χ0n) is 9.69. The predicted molar refractivity (Wildman–Crippen MR) is 66.1 cm³/mol. The van der Waals surface area contributed by atoms with Crippen molar-refractivity contribution in [2.24, 2.45) is 0 Å². The Morgan fingerprint density at radius 2 is 2.12 bits per heavy atom. The fourth-order valence-corrected chi connectivity index (χ4v) is 2.16. The molecule has 2 heteroatoms. The van der Waals surface area contributed by atoms with Gasteiger partial charge in [0.2, 0.25) is 0 Å². The zero-order chi connectivity index (χ0) is 11.4. The van der Waals surface area contributed by atoms with Crippen LogP contribution in [0, 0.1) is 0 Å². The van der Waals surface area contributed by atoms with Gasteiger partial charge in [0, 0.05) is 12.1 Å². The van der Waals surface area contributed by atoms with Crippen molar-refractivity contribution in [1.82, 2.24) is 5.32 Å². The van der Waals surface area contributed by atoms with E-state index >= 15 is 0 Å². The Balaban J connectivity index is 1.99. The third-order valence-corrected chi connectivity index (χ3v) is 3.13. The van der Waals surface area contributed by atoms with Gasteiger partial charge >= 0.3 is 0 Å². The number of hydrogen-bond acceptors (Lipinski definition) is 2. The van der Waals surface area contributed by atoms with Crippen LogP contribution in [-0.2, 0) is 6.61 Å². The van der Waals surface area contributed by atoms with E-state index in [2.05, 4.69) is 36.5 Å². The summed E-state index contributed by atoms with van der Waals surface area (Å²) in [5.41, 5.74) is 2.23. The first-order valence-corrected chi connectivity index (χ1v) is 5.90. The fourth-order valence-electron chi connectivity index (χ4n) is 2.16. The second kappa shape index (κ2) is 5.28. The molecule has 0 saturated carbocycles. The first kappa shape index (κ1) is 11.4. The highest BCUT2D eigenvalue weighted by molar-refractivity contribution is 5.25. The lowest BCUT2D eigenvalue weighted by Gasteiger charge is -2.20. The summed E-state index contributed by atoms with van der Waals surface area (Å²) in [5.74, 6) is 0. The average molecular weight is 217 g/mol. The highest BCUT2D eigenvalue weighted by Crippen LogP contribution is 2.18. The molecule has 0 heterocycles.